The lowest BCUT2D eigenvalue weighted by molar-refractivity contribution is -0.140. The fourth-order valence-electron chi connectivity index (χ4n) is 3.25. The van der Waals surface area contributed by atoms with E-state index in [1.54, 1.807) is 0 Å². The molecule has 1 aliphatic heterocycles. The lowest BCUT2D eigenvalue weighted by Crippen LogP contribution is -2.48. The molecular formula is C21H34IN3O3. The second-order valence-corrected chi connectivity index (χ2v) is 6.78. The van der Waals surface area contributed by atoms with E-state index in [1.165, 1.54) is 18.2 Å². The molecule has 1 saturated heterocycles. The number of aryl methyl sites for hydroxylation is 1. The molecule has 0 amide bonds. The summed E-state index contributed by atoms with van der Waals surface area (Å²) in [4.78, 5) is 18.2. The monoisotopic (exact) mass is 503 g/mol. The number of ether oxygens (including phenoxy) is 2. The second kappa shape index (κ2) is 13.8. The summed E-state index contributed by atoms with van der Waals surface area (Å²) in [6.45, 7) is 8.16. The first-order chi connectivity index (χ1) is 13.2. The summed E-state index contributed by atoms with van der Waals surface area (Å²) >= 11 is 0. The number of hydrogen-bond donors (Lipinski definition) is 1. The second-order valence-electron chi connectivity index (χ2n) is 6.78. The summed E-state index contributed by atoms with van der Waals surface area (Å²) in [6, 6.07) is 8.41. The maximum absolute atomic E-state index is 11.1. The summed E-state index contributed by atoms with van der Waals surface area (Å²) in [5.41, 5.74) is 2.51. The number of unbranched alkanes of at least 4 members (excludes halogenated alkanes) is 2. The van der Waals surface area contributed by atoms with Crippen molar-refractivity contribution in [3.8, 4) is 0 Å². The van der Waals surface area contributed by atoms with E-state index in [0.29, 0.717) is 13.0 Å². The predicted octanol–water partition coefficient (Wildman–Crippen LogP) is 3.69. The van der Waals surface area contributed by atoms with Crippen LogP contribution < -0.4 is 5.32 Å². The molecule has 0 saturated carbocycles. The Morgan fingerprint density at radius 1 is 1.32 bits per heavy atom. The molecule has 2 rings (SSSR count). The zero-order valence-corrected chi connectivity index (χ0v) is 19.6. The Balaban J connectivity index is 0.00000392. The van der Waals surface area contributed by atoms with Gasteiger partial charge in [-0.2, -0.15) is 0 Å². The van der Waals surface area contributed by atoms with Crippen LogP contribution in [0.3, 0.4) is 0 Å². The largest absolute Gasteiger partial charge is 0.469 e. The molecule has 6 nitrogen and oxygen atoms in total. The van der Waals surface area contributed by atoms with Gasteiger partial charge < -0.3 is 19.7 Å². The number of benzene rings is 1. The van der Waals surface area contributed by atoms with Gasteiger partial charge in [-0.05, 0) is 37.8 Å². The van der Waals surface area contributed by atoms with Crippen LogP contribution in [0.1, 0.15) is 49.8 Å². The fourth-order valence-corrected chi connectivity index (χ4v) is 3.25. The highest BCUT2D eigenvalue weighted by Gasteiger charge is 2.25. The number of morpholine rings is 1. The van der Waals surface area contributed by atoms with Crippen molar-refractivity contribution >= 4 is 35.9 Å². The molecule has 158 valence electrons. The minimum Gasteiger partial charge on any atom is -0.469 e. The minimum atomic E-state index is -0.137. The average molecular weight is 503 g/mol. The van der Waals surface area contributed by atoms with Gasteiger partial charge in [-0.3, -0.25) is 9.79 Å². The lowest BCUT2D eigenvalue weighted by atomic mass is 10.0. The van der Waals surface area contributed by atoms with E-state index < -0.39 is 0 Å². The van der Waals surface area contributed by atoms with Crippen LogP contribution in [-0.2, 0) is 14.3 Å². The molecule has 1 atom stereocenters. The Hall–Kier alpha value is -1.35. The van der Waals surface area contributed by atoms with Gasteiger partial charge in [0.25, 0.3) is 0 Å². The zero-order chi connectivity index (χ0) is 19.5. The molecule has 0 radical (unpaired) electrons. The molecule has 0 bridgehead atoms. The zero-order valence-electron chi connectivity index (χ0n) is 17.3. The quantitative estimate of drug-likeness (QED) is 0.193. The Kier molecular flexibility index (Phi) is 12.1. The van der Waals surface area contributed by atoms with Crippen LogP contribution in [0.15, 0.2) is 29.3 Å². The molecule has 1 aliphatic rings. The average Bonchev–Trinajstić information content (AvgIpc) is 2.70. The van der Waals surface area contributed by atoms with E-state index in [4.69, 9.17) is 9.73 Å². The van der Waals surface area contributed by atoms with Gasteiger partial charge in [0.1, 0.15) is 6.10 Å². The molecule has 1 fully saturated rings. The number of nitrogens with one attached hydrogen (secondary N) is 1. The number of methoxy groups -OCH3 is 1. The molecule has 1 N–H and O–H groups in total. The van der Waals surface area contributed by atoms with Gasteiger partial charge in [0.2, 0.25) is 0 Å². The fraction of sp³-hybridized carbons (Fsp3) is 0.619. The number of halogens is 1. The highest BCUT2D eigenvalue weighted by molar-refractivity contribution is 14.0. The van der Waals surface area contributed by atoms with E-state index in [-0.39, 0.29) is 36.0 Å². The van der Waals surface area contributed by atoms with Crippen LogP contribution in [0.4, 0.5) is 0 Å². The maximum Gasteiger partial charge on any atom is 0.305 e. The first-order valence-electron chi connectivity index (χ1n) is 9.93. The number of carbonyl (C=O) groups is 1. The number of hydrogen-bond acceptors (Lipinski definition) is 4. The van der Waals surface area contributed by atoms with Crippen LogP contribution in [0.25, 0.3) is 0 Å². The molecule has 0 aliphatic carbocycles. The Bertz CT molecular complexity index is 625. The molecule has 0 spiro atoms. The highest BCUT2D eigenvalue weighted by Crippen LogP contribution is 2.25. The molecule has 1 unspecified atom stereocenters. The highest BCUT2D eigenvalue weighted by atomic mass is 127. The van der Waals surface area contributed by atoms with Crippen molar-refractivity contribution in [1.29, 1.82) is 0 Å². The van der Waals surface area contributed by atoms with Gasteiger partial charge in [-0.15, -0.1) is 24.0 Å². The number of nitrogens with zero attached hydrogens (tertiary/aromatic N) is 2. The maximum atomic E-state index is 11.1. The van der Waals surface area contributed by atoms with E-state index in [9.17, 15) is 4.79 Å². The van der Waals surface area contributed by atoms with Crippen molar-refractivity contribution in [2.24, 2.45) is 4.99 Å². The van der Waals surface area contributed by atoms with E-state index in [0.717, 1.165) is 51.4 Å². The van der Waals surface area contributed by atoms with Crippen LogP contribution in [-0.4, -0.2) is 56.7 Å². The third-order valence-electron chi connectivity index (χ3n) is 4.76. The van der Waals surface area contributed by atoms with Gasteiger partial charge in [0, 0.05) is 26.1 Å². The summed E-state index contributed by atoms with van der Waals surface area (Å²) in [6.07, 6.45) is 3.36. The van der Waals surface area contributed by atoms with Gasteiger partial charge in [0.15, 0.2) is 5.96 Å². The van der Waals surface area contributed by atoms with Crippen molar-refractivity contribution in [2.75, 3.05) is 39.9 Å². The Morgan fingerprint density at radius 2 is 2.11 bits per heavy atom. The molecule has 28 heavy (non-hydrogen) atoms. The van der Waals surface area contributed by atoms with E-state index in [2.05, 4.69) is 53.1 Å². The van der Waals surface area contributed by atoms with Crippen LogP contribution >= 0.6 is 24.0 Å². The Morgan fingerprint density at radius 3 is 2.82 bits per heavy atom. The molecule has 1 aromatic rings. The predicted molar refractivity (Wildman–Crippen MR) is 123 cm³/mol. The van der Waals surface area contributed by atoms with Gasteiger partial charge in [0.05, 0.1) is 20.3 Å². The van der Waals surface area contributed by atoms with Crippen LogP contribution in [0, 0.1) is 6.92 Å². The normalized spacial score (nSPS) is 17.0. The number of esters is 1. The first kappa shape index (κ1) is 24.7. The molecular weight excluding hydrogens is 469 g/mol. The van der Waals surface area contributed by atoms with Gasteiger partial charge in [-0.25, -0.2) is 0 Å². The summed E-state index contributed by atoms with van der Waals surface area (Å²) in [5.74, 6) is 0.815. The van der Waals surface area contributed by atoms with Crippen molar-refractivity contribution < 1.29 is 14.3 Å². The first-order valence-corrected chi connectivity index (χ1v) is 9.93. The van der Waals surface area contributed by atoms with Gasteiger partial charge in [-0.1, -0.05) is 30.7 Å². The SMILES string of the molecule is CCNC(=NCCCCCC(=O)OC)N1CCOC(c2ccccc2C)C1.I. The van der Waals surface area contributed by atoms with Crippen molar-refractivity contribution in [3.05, 3.63) is 35.4 Å². The number of rotatable bonds is 8. The summed E-state index contributed by atoms with van der Waals surface area (Å²) in [5, 5.41) is 3.40. The molecule has 1 aromatic carbocycles. The Labute approximate surface area is 186 Å². The van der Waals surface area contributed by atoms with E-state index in [1.807, 2.05) is 0 Å². The molecule has 0 aromatic heterocycles. The molecule has 1 heterocycles. The van der Waals surface area contributed by atoms with Gasteiger partial charge >= 0.3 is 5.97 Å². The molecule has 7 heteroatoms. The summed E-state index contributed by atoms with van der Waals surface area (Å²) < 4.78 is 10.7. The smallest absolute Gasteiger partial charge is 0.305 e. The van der Waals surface area contributed by atoms with Crippen molar-refractivity contribution in [2.45, 2.75) is 45.6 Å². The standard InChI is InChI=1S/C21H33N3O3.HI/c1-4-22-21(23-13-9-5-6-12-20(25)26-3)24-14-15-27-19(16-24)18-11-8-7-10-17(18)2;/h7-8,10-11,19H,4-6,9,12-16H2,1-3H3,(H,22,23);1H. The minimum absolute atomic E-state index is 0. The third-order valence-corrected chi connectivity index (χ3v) is 4.76. The topological polar surface area (TPSA) is 63.2 Å². The van der Waals surface area contributed by atoms with Crippen LogP contribution in [0.5, 0.6) is 0 Å². The number of aliphatic imine (C=N–C) groups is 1. The lowest BCUT2D eigenvalue weighted by Gasteiger charge is -2.35. The third kappa shape index (κ3) is 7.95. The van der Waals surface area contributed by atoms with Crippen molar-refractivity contribution in [3.63, 3.8) is 0 Å². The van der Waals surface area contributed by atoms with E-state index >= 15 is 0 Å². The van der Waals surface area contributed by atoms with Crippen molar-refractivity contribution in [1.82, 2.24) is 10.2 Å². The summed E-state index contributed by atoms with van der Waals surface area (Å²) in [7, 11) is 1.43. The van der Waals surface area contributed by atoms with Crippen LogP contribution in [0.2, 0.25) is 0 Å². The number of guanidine groups is 1. The number of carbonyl (C=O) groups excluding carboxylic acids is 1.